The summed E-state index contributed by atoms with van der Waals surface area (Å²) in [4.78, 5) is 26.2. The number of rotatable bonds is 2. The normalized spacial score (nSPS) is 40.6. The molecule has 3 aliphatic rings. The van der Waals surface area contributed by atoms with Crippen molar-refractivity contribution in [1.29, 1.82) is 0 Å². The van der Waals surface area contributed by atoms with E-state index in [1.54, 1.807) is 4.90 Å². The number of piperidine rings is 1. The van der Waals surface area contributed by atoms with Crippen molar-refractivity contribution in [3.05, 3.63) is 0 Å². The Morgan fingerprint density at radius 3 is 2.75 bits per heavy atom. The highest BCUT2D eigenvalue weighted by atomic mass is 16.4. The molecule has 0 aromatic rings. The molecular weight excluding hydrogens is 256 g/mol. The van der Waals surface area contributed by atoms with Crippen molar-refractivity contribution in [2.24, 2.45) is 17.3 Å². The van der Waals surface area contributed by atoms with Gasteiger partial charge in [0.2, 0.25) is 5.91 Å². The lowest BCUT2D eigenvalue weighted by Crippen LogP contribution is -2.53. The van der Waals surface area contributed by atoms with E-state index < -0.39 is 17.4 Å². The number of carboxylic acid groups (broad SMARTS) is 1. The van der Waals surface area contributed by atoms with Crippen LogP contribution in [0.15, 0.2) is 0 Å². The zero-order valence-electron chi connectivity index (χ0n) is 12.1. The standard InChI is InChI=1S/C15H24N2O3/c1-15(6-3-7-16-9-15)14(20)17-8-10-4-2-5-11(10)12(17)13(18)19/h10-12,16H,2-9H2,1H3,(H,18,19). The third-order valence-electron chi connectivity index (χ3n) is 5.52. The fourth-order valence-electron chi connectivity index (χ4n) is 4.42. The molecule has 3 fully saturated rings. The number of hydrogen-bond acceptors (Lipinski definition) is 3. The molecule has 0 spiro atoms. The van der Waals surface area contributed by atoms with Gasteiger partial charge in [-0.15, -0.1) is 0 Å². The molecule has 0 aromatic heterocycles. The Balaban J connectivity index is 1.81. The molecule has 0 aromatic carbocycles. The molecule has 1 saturated carbocycles. The number of carboxylic acids is 1. The number of likely N-dealkylation sites (tertiary alicyclic amines) is 1. The number of amides is 1. The average Bonchev–Trinajstić information content (AvgIpc) is 2.97. The topological polar surface area (TPSA) is 69.6 Å². The molecule has 1 aliphatic carbocycles. The molecular formula is C15H24N2O3. The first-order valence-corrected chi connectivity index (χ1v) is 7.77. The van der Waals surface area contributed by atoms with Crippen LogP contribution in [-0.4, -0.2) is 47.6 Å². The SMILES string of the molecule is CC1(C(=O)N2CC3CCCC3C2C(=O)O)CCCNC1. The molecule has 112 valence electrons. The van der Waals surface area contributed by atoms with Crippen LogP contribution >= 0.6 is 0 Å². The molecule has 4 atom stereocenters. The van der Waals surface area contributed by atoms with Gasteiger partial charge in [0.05, 0.1) is 5.41 Å². The molecule has 0 radical (unpaired) electrons. The second kappa shape index (κ2) is 5.02. The van der Waals surface area contributed by atoms with Crippen molar-refractivity contribution >= 4 is 11.9 Å². The third-order valence-corrected chi connectivity index (χ3v) is 5.52. The van der Waals surface area contributed by atoms with Crippen molar-refractivity contribution in [2.75, 3.05) is 19.6 Å². The lowest BCUT2D eigenvalue weighted by Gasteiger charge is -2.38. The number of carbonyl (C=O) groups excluding carboxylic acids is 1. The van der Waals surface area contributed by atoms with Crippen LogP contribution in [0.5, 0.6) is 0 Å². The largest absolute Gasteiger partial charge is 0.480 e. The van der Waals surface area contributed by atoms with Gasteiger partial charge in [-0.2, -0.15) is 0 Å². The number of nitrogens with zero attached hydrogens (tertiary/aromatic N) is 1. The van der Waals surface area contributed by atoms with Crippen LogP contribution in [0.3, 0.4) is 0 Å². The lowest BCUT2D eigenvalue weighted by atomic mass is 9.81. The molecule has 4 unspecified atom stereocenters. The highest BCUT2D eigenvalue weighted by Gasteiger charge is 2.52. The van der Waals surface area contributed by atoms with Gasteiger partial charge in [0, 0.05) is 13.1 Å². The molecule has 1 amide bonds. The smallest absolute Gasteiger partial charge is 0.326 e. The minimum absolute atomic E-state index is 0.0477. The molecule has 20 heavy (non-hydrogen) atoms. The minimum Gasteiger partial charge on any atom is -0.480 e. The van der Waals surface area contributed by atoms with E-state index >= 15 is 0 Å². The van der Waals surface area contributed by atoms with Gasteiger partial charge < -0.3 is 15.3 Å². The van der Waals surface area contributed by atoms with Crippen LogP contribution < -0.4 is 5.32 Å². The maximum atomic E-state index is 12.9. The highest BCUT2D eigenvalue weighted by Crippen LogP contribution is 2.44. The van der Waals surface area contributed by atoms with E-state index in [9.17, 15) is 14.7 Å². The maximum absolute atomic E-state index is 12.9. The van der Waals surface area contributed by atoms with Crippen LogP contribution in [0, 0.1) is 17.3 Å². The Labute approximate surface area is 119 Å². The van der Waals surface area contributed by atoms with Gasteiger partial charge in [0.1, 0.15) is 6.04 Å². The van der Waals surface area contributed by atoms with Gasteiger partial charge in [-0.1, -0.05) is 6.42 Å². The molecule has 0 bridgehead atoms. The molecule has 2 heterocycles. The molecule has 2 N–H and O–H groups in total. The number of hydrogen-bond donors (Lipinski definition) is 2. The van der Waals surface area contributed by atoms with Crippen molar-refractivity contribution in [3.8, 4) is 0 Å². The summed E-state index contributed by atoms with van der Waals surface area (Å²) in [7, 11) is 0. The summed E-state index contributed by atoms with van der Waals surface area (Å²) in [5.74, 6) is -0.191. The monoisotopic (exact) mass is 280 g/mol. The van der Waals surface area contributed by atoms with Crippen LogP contribution in [0.25, 0.3) is 0 Å². The predicted octanol–water partition coefficient (Wildman–Crippen LogP) is 1.09. The Hall–Kier alpha value is -1.10. The first-order chi connectivity index (χ1) is 9.53. The van der Waals surface area contributed by atoms with E-state index in [1.807, 2.05) is 6.92 Å². The lowest BCUT2D eigenvalue weighted by molar-refractivity contribution is -0.154. The quantitative estimate of drug-likeness (QED) is 0.794. The van der Waals surface area contributed by atoms with Crippen molar-refractivity contribution in [3.63, 3.8) is 0 Å². The summed E-state index contributed by atoms with van der Waals surface area (Å²) in [6.45, 7) is 4.26. The zero-order valence-corrected chi connectivity index (χ0v) is 12.1. The van der Waals surface area contributed by atoms with E-state index in [4.69, 9.17) is 0 Å². The first kappa shape index (κ1) is 13.9. The molecule has 5 heteroatoms. The zero-order chi connectivity index (χ0) is 14.3. The third kappa shape index (κ3) is 2.12. The maximum Gasteiger partial charge on any atom is 0.326 e. The summed E-state index contributed by atoms with van der Waals surface area (Å²) in [6, 6.07) is -0.589. The number of nitrogens with one attached hydrogen (secondary N) is 1. The van der Waals surface area contributed by atoms with Crippen molar-refractivity contribution in [1.82, 2.24) is 10.2 Å². The second-order valence-corrected chi connectivity index (χ2v) is 6.94. The Morgan fingerprint density at radius 1 is 1.30 bits per heavy atom. The van der Waals surface area contributed by atoms with Gasteiger partial charge in [-0.25, -0.2) is 4.79 Å². The Kier molecular flexibility index (Phi) is 3.48. The average molecular weight is 280 g/mol. The summed E-state index contributed by atoms with van der Waals surface area (Å²) in [5, 5.41) is 12.8. The molecule has 2 saturated heterocycles. The van der Waals surface area contributed by atoms with Crippen LogP contribution in [0.4, 0.5) is 0 Å². The molecule has 3 rings (SSSR count). The van der Waals surface area contributed by atoms with Crippen LogP contribution in [0.1, 0.15) is 39.0 Å². The van der Waals surface area contributed by atoms with Gasteiger partial charge in [-0.05, 0) is 51.0 Å². The van der Waals surface area contributed by atoms with Crippen LogP contribution in [-0.2, 0) is 9.59 Å². The van der Waals surface area contributed by atoms with Gasteiger partial charge >= 0.3 is 5.97 Å². The van der Waals surface area contributed by atoms with E-state index in [0.717, 1.165) is 38.6 Å². The summed E-state index contributed by atoms with van der Waals surface area (Å²) in [6.07, 6.45) is 4.99. The minimum atomic E-state index is -0.819. The van der Waals surface area contributed by atoms with E-state index in [0.29, 0.717) is 19.0 Å². The summed E-state index contributed by atoms with van der Waals surface area (Å²) >= 11 is 0. The number of aliphatic carboxylic acids is 1. The predicted molar refractivity (Wildman–Crippen MR) is 74.2 cm³/mol. The fourth-order valence-corrected chi connectivity index (χ4v) is 4.42. The van der Waals surface area contributed by atoms with Crippen LogP contribution in [0.2, 0.25) is 0 Å². The molecule has 5 nitrogen and oxygen atoms in total. The van der Waals surface area contributed by atoms with Gasteiger partial charge in [0.25, 0.3) is 0 Å². The van der Waals surface area contributed by atoms with E-state index in [-0.39, 0.29) is 11.8 Å². The molecule has 2 aliphatic heterocycles. The van der Waals surface area contributed by atoms with Crippen molar-refractivity contribution in [2.45, 2.75) is 45.1 Å². The second-order valence-electron chi connectivity index (χ2n) is 6.94. The Bertz CT molecular complexity index is 417. The first-order valence-electron chi connectivity index (χ1n) is 7.77. The van der Waals surface area contributed by atoms with E-state index in [2.05, 4.69) is 5.32 Å². The van der Waals surface area contributed by atoms with Gasteiger partial charge in [-0.3, -0.25) is 4.79 Å². The fraction of sp³-hybridized carbons (Fsp3) is 0.867. The van der Waals surface area contributed by atoms with Crippen molar-refractivity contribution < 1.29 is 14.7 Å². The Morgan fingerprint density at radius 2 is 2.10 bits per heavy atom. The van der Waals surface area contributed by atoms with Gasteiger partial charge in [0.15, 0.2) is 0 Å². The van der Waals surface area contributed by atoms with E-state index in [1.165, 1.54) is 0 Å². The number of carbonyl (C=O) groups is 2. The highest BCUT2D eigenvalue weighted by molar-refractivity contribution is 5.88. The summed E-state index contributed by atoms with van der Waals surface area (Å²) < 4.78 is 0. The number of fused-ring (bicyclic) bond motifs is 1. The summed E-state index contributed by atoms with van der Waals surface area (Å²) in [5.41, 5.74) is -0.426.